The molecular weight excluding hydrogens is 358 g/mol. The average Bonchev–Trinajstić information content (AvgIpc) is 3.23. The van der Waals surface area contributed by atoms with Gasteiger partial charge in [0.05, 0.1) is 28.9 Å². The molecule has 0 fully saturated rings. The zero-order chi connectivity index (χ0) is 19.8. The van der Waals surface area contributed by atoms with Crippen LogP contribution in [0.5, 0.6) is 0 Å². The fraction of sp³-hybridized carbons (Fsp3) is 0.208. The number of benzene rings is 1. The predicted octanol–water partition coefficient (Wildman–Crippen LogP) is 4.89. The zero-order valence-electron chi connectivity index (χ0n) is 16.4. The largest absolute Gasteiger partial charge is 0.343 e. The van der Waals surface area contributed by atoms with Crippen molar-refractivity contribution in [3.63, 3.8) is 0 Å². The van der Waals surface area contributed by atoms with Crippen LogP contribution in [-0.2, 0) is 0 Å². The summed E-state index contributed by atoms with van der Waals surface area (Å²) >= 11 is 0. The molecule has 0 spiro atoms. The minimum atomic E-state index is 0.290. The topological polar surface area (TPSA) is 80.5 Å². The maximum atomic E-state index is 6.04. The van der Waals surface area contributed by atoms with Gasteiger partial charge in [-0.3, -0.25) is 4.98 Å². The third-order valence-corrected chi connectivity index (χ3v) is 5.54. The normalized spacial score (nSPS) is 16.8. The molecule has 144 valence electrons. The molecule has 3 heterocycles. The molecule has 0 amide bonds. The smallest absolute Gasteiger partial charge is 0.116 e. The highest BCUT2D eigenvalue weighted by atomic mass is 14.9. The van der Waals surface area contributed by atoms with Gasteiger partial charge in [0, 0.05) is 17.1 Å². The molecule has 1 aromatic carbocycles. The van der Waals surface area contributed by atoms with Crippen LogP contribution in [0, 0.1) is 6.92 Å². The van der Waals surface area contributed by atoms with Crippen LogP contribution in [0.25, 0.3) is 39.3 Å². The van der Waals surface area contributed by atoms with Crippen molar-refractivity contribution >= 4 is 16.5 Å². The number of hydrogen-bond donors (Lipinski definition) is 2. The lowest BCUT2D eigenvalue weighted by Crippen LogP contribution is -2.21. The number of hydrogen-bond acceptors (Lipinski definition) is 4. The lowest BCUT2D eigenvalue weighted by Gasteiger charge is -2.18. The van der Waals surface area contributed by atoms with E-state index in [1.165, 1.54) is 11.1 Å². The highest BCUT2D eigenvalue weighted by Gasteiger charge is 2.15. The fourth-order valence-corrected chi connectivity index (χ4v) is 3.93. The van der Waals surface area contributed by atoms with E-state index in [0.717, 1.165) is 58.6 Å². The molecule has 4 aromatic rings. The molecule has 0 saturated heterocycles. The number of aryl methyl sites for hydroxylation is 1. The standard InChI is InChI=1S/C24H23N5/c1-15-3-2-4-20(28-15)23-24(27-14-26-23)21-12-9-17-5-6-18(13-22(17)29-21)16-7-10-19(25)11-8-16/h2-7,9,12-14,19H,8,10-11,25H2,1H3,(H,26,27). The minimum Gasteiger partial charge on any atom is -0.343 e. The highest BCUT2D eigenvalue weighted by molar-refractivity contribution is 5.86. The van der Waals surface area contributed by atoms with Crippen LogP contribution in [0.3, 0.4) is 0 Å². The Balaban J connectivity index is 1.56. The van der Waals surface area contributed by atoms with Gasteiger partial charge in [-0.2, -0.15) is 0 Å². The van der Waals surface area contributed by atoms with Crippen LogP contribution in [0.4, 0.5) is 0 Å². The van der Waals surface area contributed by atoms with E-state index in [9.17, 15) is 0 Å². The van der Waals surface area contributed by atoms with Crippen LogP contribution in [0.15, 0.2) is 60.9 Å². The van der Waals surface area contributed by atoms with E-state index in [4.69, 9.17) is 10.7 Å². The molecule has 1 aliphatic rings. The van der Waals surface area contributed by atoms with Crippen molar-refractivity contribution in [3.8, 4) is 22.8 Å². The molecule has 3 N–H and O–H groups in total. The summed E-state index contributed by atoms with van der Waals surface area (Å²) in [5, 5.41) is 1.13. The summed E-state index contributed by atoms with van der Waals surface area (Å²) in [5.74, 6) is 0. The number of imidazole rings is 1. The van der Waals surface area contributed by atoms with Crippen LogP contribution >= 0.6 is 0 Å². The molecule has 0 bridgehead atoms. The first-order chi connectivity index (χ1) is 14.2. The summed E-state index contributed by atoms with van der Waals surface area (Å²) in [6, 6.07) is 16.9. The van der Waals surface area contributed by atoms with Crippen molar-refractivity contribution < 1.29 is 0 Å². The molecule has 1 unspecified atom stereocenters. The number of allylic oxidation sites excluding steroid dienone is 1. The summed E-state index contributed by atoms with van der Waals surface area (Å²) in [6.07, 6.45) is 6.99. The van der Waals surface area contributed by atoms with Gasteiger partial charge in [0.1, 0.15) is 5.69 Å². The first-order valence-electron chi connectivity index (χ1n) is 10.0. The molecule has 0 radical (unpaired) electrons. The van der Waals surface area contributed by atoms with Gasteiger partial charge in [0.2, 0.25) is 0 Å². The van der Waals surface area contributed by atoms with Crippen molar-refractivity contribution in [2.24, 2.45) is 5.73 Å². The van der Waals surface area contributed by atoms with E-state index in [-0.39, 0.29) is 6.04 Å². The third-order valence-electron chi connectivity index (χ3n) is 5.54. The Hall–Kier alpha value is -3.31. The number of aromatic nitrogens is 4. The molecular formula is C24H23N5. The number of rotatable bonds is 3. The van der Waals surface area contributed by atoms with Gasteiger partial charge in [0.25, 0.3) is 0 Å². The van der Waals surface area contributed by atoms with Crippen molar-refractivity contribution in [1.82, 2.24) is 19.9 Å². The number of fused-ring (bicyclic) bond motifs is 1. The minimum absolute atomic E-state index is 0.290. The number of H-pyrrole nitrogens is 1. The average molecular weight is 381 g/mol. The maximum Gasteiger partial charge on any atom is 0.116 e. The van der Waals surface area contributed by atoms with Crippen LogP contribution in [0.1, 0.15) is 30.5 Å². The first kappa shape index (κ1) is 17.8. The van der Waals surface area contributed by atoms with E-state index in [0.29, 0.717) is 0 Å². The zero-order valence-corrected chi connectivity index (χ0v) is 16.4. The second-order valence-electron chi connectivity index (χ2n) is 7.66. The van der Waals surface area contributed by atoms with Crippen molar-refractivity contribution in [3.05, 3.63) is 72.2 Å². The molecule has 5 rings (SSSR count). The van der Waals surface area contributed by atoms with E-state index in [1.54, 1.807) is 6.33 Å². The van der Waals surface area contributed by atoms with Crippen molar-refractivity contribution in [2.75, 3.05) is 0 Å². The number of nitrogens with one attached hydrogen (secondary N) is 1. The number of nitrogens with zero attached hydrogens (tertiary/aromatic N) is 3. The van der Waals surface area contributed by atoms with Crippen LogP contribution < -0.4 is 5.73 Å². The van der Waals surface area contributed by atoms with Crippen molar-refractivity contribution in [1.29, 1.82) is 0 Å². The molecule has 5 heteroatoms. The highest BCUT2D eigenvalue weighted by Crippen LogP contribution is 2.31. The number of nitrogens with two attached hydrogens (primary N) is 1. The molecule has 29 heavy (non-hydrogen) atoms. The van der Waals surface area contributed by atoms with E-state index in [1.807, 2.05) is 31.2 Å². The molecule has 0 aliphatic heterocycles. The second-order valence-corrected chi connectivity index (χ2v) is 7.66. The fourth-order valence-electron chi connectivity index (χ4n) is 3.93. The van der Waals surface area contributed by atoms with Crippen LogP contribution in [-0.4, -0.2) is 26.0 Å². The summed E-state index contributed by atoms with van der Waals surface area (Å²) < 4.78 is 0. The summed E-state index contributed by atoms with van der Waals surface area (Å²) in [6.45, 7) is 1.98. The summed E-state index contributed by atoms with van der Waals surface area (Å²) in [4.78, 5) is 17.3. The Morgan fingerprint density at radius 3 is 2.76 bits per heavy atom. The monoisotopic (exact) mass is 381 g/mol. The van der Waals surface area contributed by atoms with Gasteiger partial charge in [-0.15, -0.1) is 0 Å². The van der Waals surface area contributed by atoms with Crippen molar-refractivity contribution in [2.45, 2.75) is 32.2 Å². The molecule has 1 atom stereocenters. The Kier molecular flexibility index (Phi) is 4.45. The Morgan fingerprint density at radius 1 is 1.03 bits per heavy atom. The Labute approximate surface area is 169 Å². The summed E-state index contributed by atoms with van der Waals surface area (Å²) in [7, 11) is 0. The molecule has 3 aromatic heterocycles. The van der Waals surface area contributed by atoms with Gasteiger partial charge in [-0.25, -0.2) is 9.97 Å². The quantitative estimate of drug-likeness (QED) is 0.529. The van der Waals surface area contributed by atoms with Gasteiger partial charge in [-0.1, -0.05) is 30.3 Å². The van der Waals surface area contributed by atoms with E-state index in [2.05, 4.69) is 45.3 Å². The number of pyridine rings is 2. The van der Waals surface area contributed by atoms with Gasteiger partial charge < -0.3 is 10.7 Å². The lowest BCUT2D eigenvalue weighted by atomic mass is 9.91. The lowest BCUT2D eigenvalue weighted by molar-refractivity contribution is 0.614. The number of aromatic amines is 1. The third kappa shape index (κ3) is 3.45. The van der Waals surface area contributed by atoms with Gasteiger partial charge in [0.15, 0.2) is 0 Å². The Morgan fingerprint density at radius 2 is 1.93 bits per heavy atom. The first-order valence-corrected chi connectivity index (χ1v) is 10.0. The SMILES string of the molecule is Cc1cccc(-c2nc[nH]c2-c2ccc3ccc(C4=CCC(N)CC4)cc3n2)n1. The van der Waals surface area contributed by atoms with E-state index < -0.39 is 0 Å². The summed E-state index contributed by atoms with van der Waals surface area (Å²) in [5.41, 5.74) is 14.0. The van der Waals surface area contributed by atoms with Gasteiger partial charge >= 0.3 is 0 Å². The van der Waals surface area contributed by atoms with Crippen LogP contribution in [0.2, 0.25) is 0 Å². The second kappa shape index (κ2) is 7.26. The molecule has 1 aliphatic carbocycles. The molecule has 5 nitrogen and oxygen atoms in total. The molecule has 0 saturated carbocycles. The van der Waals surface area contributed by atoms with E-state index >= 15 is 0 Å². The maximum absolute atomic E-state index is 6.04. The Bertz CT molecular complexity index is 1220. The predicted molar refractivity (Wildman–Crippen MR) is 117 cm³/mol. The van der Waals surface area contributed by atoms with Gasteiger partial charge in [-0.05, 0) is 61.6 Å².